The summed E-state index contributed by atoms with van der Waals surface area (Å²) in [4.78, 5) is 7.91. The number of aromatic nitrogens is 2. The van der Waals surface area contributed by atoms with Crippen molar-refractivity contribution < 1.29 is 18.3 Å². The zero-order chi connectivity index (χ0) is 19.1. The van der Waals surface area contributed by atoms with E-state index >= 15 is 0 Å². The van der Waals surface area contributed by atoms with Crippen LogP contribution in [0.15, 0.2) is 41.4 Å². The quantitative estimate of drug-likeness (QED) is 0.615. The predicted octanol–water partition coefficient (Wildman–Crippen LogP) is 3.64. The molecule has 8 nitrogen and oxygen atoms in total. The van der Waals surface area contributed by atoms with Crippen molar-refractivity contribution in [3.63, 3.8) is 0 Å². The molecule has 0 fully saturated rings. The maximum absolute atomic E-state index is 12.4. The van der Waals surface area contributed by atoms with Crippen molar-refractivity contribution in [3.8, 4) is 11.8 Å². The van der Waals surface area contributed by atoms with Gasteiger partial charge in [-0.25, -0.2) is 10.5 Å². The lowest BCUT2D eigenvalue weighted by molar-refractivity contribution is -0.0502. The van der Waals surface area contributed by atoms with Crippen LogP contribution < -0.4 is 20.5 Å². The van der Waals surface area contributed by atoms with E-state index in [-0.39, 0.29) is 24.1 Å². The maximum atomic E-state index is 12.4. The van der Waals surface area contributed by atoms with Gasteiger partial charge in [-0.3, -0.25) is 0 Å². The molecule has 0 saturated carbocycles. The van der Waals surface area contributed by atoms with Gasteiger partial charge in [-0.2, -0.15) is 18.9 Å². The minimum absolute atomic E-state index is 0.0579. The van der Waals surface area contributed by atoms with Gasteiger partial charge in [-0.1, -0.05) is 6.07 Å². The minimum atomic E-state index is -2.91. The fraction of sp³-hybridized carbons (Fsp3) is 0.250. The van der Waals surface area contributed by atoms with Crippen LogP contribution in [0, 0.1) is 19.4 Å². The standard InChI is InChI=1S/C16H18F2N6O2/c1-9-3-4-11(5-13(9)26-15(17)18)21-7-12(24-20)8-25-16-22-6-10(2)14(19)23-16/h3-7,15,20-21H,8H2,1-2H3,(H2,19,22,23)/b12-7-,24-20?. The van der Waals surface area contributed by atoms with Crippen LogP contribution in [0.4, 0.5) is 20.3 Å². The van der Waals surface area contributed by atoms with Crippen LogP contribution in [0.25, 0.3) is 0 Å². The zero-order valence-corrected chi connectivity index (χ0v) is 14.2. The lowest BCUT2D eigenvalue weighted by Crippen LogP contribution is -2.06. The van der Waals surface area contributed by atoms with E-state index in [1.54, 1.807) is 26.0 Å². The molecule has 0 atom stereocenters. The van der Waals surface area contributed by atoms with Gasteiger partial charge < -0.3 is 20.5 Å². The first-order chi connectivity index (χ1) is 12.4. The summed E-state index contributed by atoms with van der Waals surface area (Å²) in [5, 5.41) is 6.18. The molecule has 0 aliphatic heterocycles. The molecule has 10 heteroatoms. The van der Waals surface area contributed by atoms with Crippen LogP contribution in [0.5, 0.6) is 11.8 Å². The van der Waals surface area contributed by atoms with Gasteiger partial charge in [0.25, 0.3) is 0 Å². The summed E-state index contributed by atoms with van der Waals surface area (Å²) in [7, 11) is 0. The summed E-state index contributed by atoms with van der Waals surface area (Å²) in [5.41, 5.74) is 14.9. The van der Waals surface area contributed by atoms with Crippen molar-refractivity contribution in [1.82, 2.24) is 9.97 Å². The molecule has 0 aliphatic carbocycles. The van der Waals surface area contributed by atoms with Gasteiger partial charge in [-0.15, -0.1) is 0 Å². The molecule has 0 amide bonds. The van der Waals surface area contributed by atoms with Crippen molar-refractivity contribution in [2.75, 3.05) is 17.7 Å². The Morgan fingerprint density at radius 3 is 2.81 bits per heavy atom. The van der Waals surface area contributed by atoms with E-state index in [9.17, 15) is 8.78 Å². The van der Waals surface area contributed by atoms with E-state index < -0.39 is 6.61 Å². The van der Waals surface area contributed by atoms with E-state index in [4.69, 9.17) is 16.0 Å². The number of nitrogens with two attached hydrogens (primary N) is 1. The van der Waals surface area contributed by atoms with Crippen molar-refractivity contribution in [2.45, 2.75) is 20.5 Å². The molecule has 0 radical (unpaired) electrons. The number of halogens is 2. The third-order valence-electron chi connectivity index (χ3n) is 3.29. The van der Waals surface area contributed by atoms with E-state index in [1.807, 2.05) is 0 Å². The number of alkyl halides is 2. The number of ether oxygens (including phenoxy) is 2. The van der Waals surface area contributed by atoms with Gasteiger partial charge in [0.2, 0.25) is 0 Å². The molecule has 0 unspecified atom stereocenters. The molecule has 0 spiro atoms. The molecule has 1 heterocycles. The van der Waals surface area contributed by atoms with Crippen molar-refractivity contribution in [1.29, 1.82) is 5.53 Å². The summed E-state index contributed by atoms with van der Waals surface area (Å²) in [6, 6.07) is 4.79. The van der Waals surface area contributed by atoms with Crippen LogP contribution in [0.2, 0.25) is 0 Å². The number of nitrogen functional groups attached to an aromatic ring is 1. The number of rotatable bonds is 8. The van der Waals surface area contributed by atoms with Crippen LogP contribution in [0.3, 0.4) is 0 Å². The third kappa shape index (κ3) is 5.36. The normalized spacial score (nSPS) is 11.3. The first-order valence-corrected chi connectivity index (χ1v) is 7.49. The van der Waals surface area contributed by atoms with Gasteiger partial charge in [0.15, 0.2) is 0 Å². The van der Waals surface area contributed by atoms with Gasteiger partial charge in [0, 0.05) is 29.7 Å². The molecule has 1 aromatic heterocycles. The van der Waals surface area contributed by atoms with Crippen LogP contribution in [-0.4, -0.2) is 23.2 Å². The van der Waals surface area contributed by atoms with E-state index in [1.165, 1.54) is 18.5 Å². The van der Waals surface area contributed by atoms with Crippen LogP contribution >= 0.6 is 0 Å². The fourth-order valence-electron chi connectivity index (χ4n) is 1.83. The fourth-order valence-corrected chi connectivity index (χ4v) is 1.83. The minimum Gasteiger partial charge on any atom is -0.457 e. The molecule has 26 heavy (non-hydrogen) atoms. The largest absolute Gasteiger partial charge is 0.457 e. The average Bonchev–Trinajstić information content (AvgIpc) is 2.60. The molecule has 2 rings (SSSR count). The Morgan fingerprint density at radius 2 is 2.15 bits per heavy atom. The molecule has 0 aliphatic rings. The second-order valence-electron chi connectivity index (χ2n) is 5.26. The topological polar surface area (TPSA) is 119 Å². The number of benzene rings is 1. The average molecular weight is 364 g/mol. The van der Waals surface area contributed by atoms with Gasteiger partial charge in [0.1, 0.15) is 23.9 Å². The molecule has 2 aromatic rings. The van der Waals surface area contributed by atoms with Gasteiger partial charge in [-0.05, 0) is 25.5 Å². The number of hydrogen-bond acceptors (Lipinski definition) is 8. The van der Waals surface area contributed by atoms with Crippen LogP contribution in [-0.2, 0) is 0 Å². The molecular weight excluding hydrogens is 346 g/mol. The summed E-state index contributed by atoms with van der Waals surface area (Å²) < 4.78 is 34.5. The highest BCUT2D eigenvalue weighted by molar-refractivity contribution is 5.53. The Kier molecular flexibility index (Phi) is 6.36. The molecular formula is C16H18F2N6O2. The second kappa shape index (κ2) is 8.70. The first-order valence-electron chi connectivity index (χ1n) is 7.49. The lowest BCUT2D eigenvalue weighted by Gasteiger charge is -2.10. The number of anilines is 2. The smallest absolute Gasteiger partial charge is 0.387 e. The van der Waals surface area contributed by atoms with E-state index in [0.29, 0.717) is 17.1 Å². The summed E-state index contributed by atoms with van der Waals surface area (Å²) in [6.07, 6.45) is 2.93. The SMILES string of the molecule is Cc1ccc(N/C=C(/COc2ncc(C)c(N)n2)N=N)cc1OC(F)F. The first kappa shape index (κ1) is 19.0. The monoisotopic (exact) mass is 364 g/mol. The van der Waals surface area contributed by atoms with Gasteiger partial charge in [0.05, 0.1) is 0 Å². The number of nitrogens with zero attached hydrogens (tertiary/aromatic N) is 3. The van der Waals surface area contributed by atoms with Crippen molar-refractivity contribution in [2.24, 2.45) is 5.11 Å². The second-order valence-corrected chi connectivity index (χ2v) is 5.26. The Hall–Kier alpha value is -3.30. The number of hydrogen-bond donors (Lipinski definition) is 3. The molecule has 0 bridgehead atoms. The maximum Gasteiger partial charge on any atom is 0.387 e. The third-order valence-corrected chi connectivity index (χ3v) is 3.29. The highest BCUT2D eigenvalue weighted by Crippen LogP contribution is 2.24. The van der Waals surface area contributed by atoms with Crippen LogP contribution in [0.1, 0.15) is 11.1 Å². The molecule has 4 N–H and O–H groups in total. The molecule has 138 valence electrons. The summed E-state index contributed by atoms with van der Waals surface area (Å²) >= 11 is 0. The Morgan fingerprint density at radius 1 is 1.38 bits per heavy atom. The highest BCUT2D eigenvalue weighted by Gasteiger charge is 2.08. The highest BCUT2D eigenvalue weighted by atomic mass is 19.3. The Labute approximate surface area is 148 Å². The zero-order valence-electron chi connectivity index (χ0n) is 14.2. The summed E-state index contributed by atoms with van der Waals surface area (Å²) in [5.74, 6) is 0.357. The van der Waals surface area contributed by atoms with Crippen molar-refractivity contribution >= 4 is 11.5 Å². The van der Waals surface area contributed by atoms with E-state index in [0.717, 1.165) is 5.56 Å². The van der Waals surface area contributed by atoms with E-state index in [2.05, 4.69) is 25.1 Å². The number of aryl methyl sites for hydroxylation is 2. The van der Waals surface area contributed by atoms with Crippen molar-refractivity contribution in [3.05, 3.63) is 47.4 Å². The lowest BCUT2D eigenvalue weighted by atomic mass is 10.2. The van der Waals surface area contributed by atoms with Gasteiger partial charge >= 0.3 is 12.6 Å². The number of nitrogens with one attached hydrogen (secondary N) is 2. The summed E-state index contributed by atoms with van der Waals surface area (Å²) in [6.45, 7) is 0.434. The Bertz CT molecular complexity index is 813. The molecule has 0 saturated heterocycles. The molecule has 1 aromatic carbocycles. The predicted molar refractivity (Wildman–Crippen MR) is 91.3 cm³/mol. The Balaban J connectivity index is 2.02.